The van der Waals surface area contributed by atoms with Crippen molar-refractivity contribution in [3.63, 3.8) is 0 Å². The Morgan fingerprint density at radius 2 is 2.20 bits per heavy atom. The summed E-state index contributed by atoms with van der Waals surface area (Å²) in [5, 5.41) is 0.185. The smallest absolute Gasteiger partial charge is 0.115 e. The third-order valence-corrected chi connectivity index (χ3v) is 3.96. The monoisotopic (exact) mass is 224 g/mol. The number of nitrogens with zero attached hydrogens (tertiary/aromatic N) is 2. The molecule has 1 aliphatic rings. The normalized spacial score (nSPS) is 18.6. The van der Waals surface area contributed by atoms with Crippen LogP contribution in [0.3, 0.4) is 0 Å². The molecule has 82 valence electrons. The fourth-order valence-electron chi connectivity index (χ4n) is 2.30. The highest BCUT2D eigenvalue weighted by molar-refractivity contribution is 6.21. The lowest BCUT2D eigenvalue weighted by atomic mass is 9.96. The van der Waals surface area contributed by atoms with Gasteiger partial charge in [-0.05, 0) is 31.2 Å². The molecule has 1 aromatic rings. The van der Waals surface area contributed by atoms with E-state index in [1.807, 2.05) is 0 Å². The summed E-state index contributed by atoms with van der Waals surface area (Å²) in [6.07, 6.45) is 6.13. The lowest BCUT2D eigenvalue weighted by Crippen LogP contribution is -2.13. The van der Waals surface area contributed by atoms with Gasteiger partial charge in [-0.25, -0.2) is 9.97 Å². The zero-order chi connectivity index (χ0) is 10.8. The van der Waals surface area contributed by atoms with Crippen LogP contribution in [0.1, 0.15) is 49.6 Å². The first kappa shape index (κ1) is 10.9. The van der Waals surface area contributed by atoms with Crippen molar-refractivity contribution in [2.24, 2.45) is 0 Å². The first-order valence-electron chi connectivity index (χ1n) is 5.70. The molecular weight excluding hydrogens is 208 g/mol. The van der Waals surface area contributed by atoms with Gasteiger partial charge in [0.15, 0.2) is 0 Å². The number of alkyl halides is 1. The Hall–Kier alpha value is -0.630. The van der Waals surface area contributed by atoms with Gasteiger partial charge in [0.2, 0.25) is 0 Å². The summed E-state index contributed by atoms with van der Waals surface area (Å²) in [6, 6.07) is 0. The Morgan fingerprint density at radius 3 is 2.93 bits per heavy atom. The highest BCUT2D eigenvalue weighted by atomic mass is 35.5. The van der Waals surface area contributed by atoms with Crippen LogP contribution >= 0.6 is 11.6 Å². The van der Waals surface area contributed by atoms with Gasteiger partial charge in [0, 0.05) is 17.0 Å². The summed E-state index contributed by atoms with van der Waals surface area (Å²) < 4.78 is 0. The Balaban J connectivity index is 2.32. The minimum atomic E-state index is 0.185. The van der Waals surface area contributed by atoms with Crippen molar-refractivity contribution >= 4 is 11.6 Å². The molecular formula is C12H17ClN2. The van der Waals surface area contributed by atoms with Crippen molar-refractivity contribution in [1.29, 1.82) is 0 Å². The topological polar surface area (TPSA) is 25.8 Å². The average molecular weight is 225 g/mol. The first-order valence-corrected chi connectivity index (χ1v) is 6.14. The molecule has 0 aromatic carbocycles. The summed E-state index contributed by atoms with van der Waals surface area (Å²) in [5.41, 5.74) is 3.79. The minimum Gasteiger partial charge on any atom is -0.241 e. The third-order valence-electron chi connectivity index (χ3n) is 3.27. The van der Waals surface area contributed by atoms with Crippen LogP contribution in [-0.4, -0.2) is 15.3 Å². The van der Waals surface area contributed by atoms with Crippen LogP contribution in [-0.2, 0) is 12.8 Å². The van der Waals surface area contributed by atoms with Gasteiger partial charge < -0.3 is 0 Å². The first-order chi connectivity index (χ1) is 7.24. The van der Waals surface area contributed by atoms with Gasteiger partial charge >= 0.3 is 0 Å². The molecule has 2 unspecified atom stereocenters. The molecule has 0 spiro atoms. The predicted molar refractivity (Wildman–Crippen MR) is 62.4 cm³/mol. The molecule has 0 bridgehead atoms. The molecule has 0 aliphatic heterocycles. The third kappa shape index (κ3) is 2.00. The van der Waals surface area contributed by atoms with E-state index in [-0.39, 0.29) is 5.38 Å². The van der Waals surface area contributed by atoms with E-state index >= 15 is 0 Å². The fraction of sp³-hybridized carbons (Fsp3) is 0.667. The van der Waals surface area contributed by atoms with E-state index < -0.39 is 0 Å². The number of hydrogen-bond acceptors (Lipinski definition) is 2. The SMILES string of the molecule is CCC(Cl)C(C)c1ncnc2c1CCC2. The quantitative estimate of drug-likeness (QED) is 0.738. The molecule has 15 heavy (non-hydrogen) atoms. The average Bonchev–Trinajstić information content (AvgIpc) is 2.74. The molecule has 1 aromatic heterocycles. The molecule has 1 aliphatic carbocycles. The Labute approximate surface area is 96.1 Å². The van der Waals surface area contributed by atoms with Crippen LogP contribution in [0.15, 0.2) is 6.33 Å². The van der Waals surface area contributed by atoms with E-state index in [4.69, 9.17) is 11.6 Å². The standard InChI is InChI=1S/C12H17ClN2/c1-3-10(13)8(2)12-9-5-4-6-11(9)14-7-15-12/h7-8,10H,3-6H2,1-2H3. The molecule has 0 N–H and O–H groups in total. The molecule has 0 saturated carbocycles. The molecule has 0 saturated heterocycles. The van der Waals surface area contributed by atoms with Gasteiger partial charge in [0.25, 0.3) is 0 Å². The zero-order valence-electron chi connectivity index (χ0n) is 9.33. The van der Waals surface area contributed by atoms with Crippen LogP contribution < -0.4 is 0 Å². The summed E-state index contributed by atoms with van der Waals surface area (Å²) >= 11 is 6.29. The lowest BCUT2D eigenvalue weighted by molar-refractivity contribution is 0.647. The van der Waals surface area contributed by atoms with E-state index in [2.05, 4.69) is 23.8 Å². The van der Waals surface area contributed by atoms with Crippen molar-refractivity contribution < 1.29 is 0 Å². The highest BCUT2D eigenvalue weighted by Crippen LogP contribution is 2.31. The summed E-state index contributed by atoms with van der Waals surface area (Å²) in [5.74, 6) is 0.339. The van der Waals surface area contributed by atoms with E-state index in [9.17, 15) is 0 Å². The van der Waals surface area contributed by atoms with Crippen molar-refractivity contribution in [2.45, 2.75) is 50.8 Å². The van der Waals surface area contributed by atoms with Crippen molar-refractivity contribution in [3.05, 3.63) is 23.3 Å². The predicted octanol–water partition coefficient (Wildman–Crippen LogP) is 3.09. The second-order valence-electron chi connectivity index (χ2n) is 4.25. The number of rotatable bonds is 3. The maximum absolute atomic E-state index is 6.29. The molecule has 2 atom stereocenters. The van der Waals surface area contributed by atoms with Crippen LogP contribution in [0.25, 0.3) is 0 Å². The van der Waals surface area contributed by atoms with Gasteiger partial charge in [-0.2, -0.15) is 0 Å². The summed E-state index contributed by atoms with van der Waals surface area (Å²) in [7, 11) is 0. The Kier molecular flexibility index (Phi) is 3.25. The molecule has 3 heteroatoms. The fourth-order valence-corrected chi connectivity index (χ4v) is 2.42. The largest absolute Gasteiger partial charge is 0.241 e. The van der Waals surface area contributed by atoms with Gasteiger partial charge in [-0.1, -0.05) is 13.8 Å². The highest BCUT2D eigenvalue weighted by Gasteiger charge is 2.23. The van der Waals surface area contributed by atoms with Crippen molar-refractivity contribution in [2.75, 3.05) is 0 Å². The van der Waals surface area contributed by atoms with E-state index in [0.717, 1.165) is 19.3 Å². The maximum Gasteiger partial charge on any atom is 0.115 e. The van der Waals surface area contributed by atoms with Crippen LogP contribution in [0.5, 0.6) is 0 Å². The van der Waals surface area contributed by atoms with E-state index in [1.54, 1.807) is 6.33 Å². The Morgan fingerprint density at radius 1 is 1.40 bits per heavy atom. The maximum atomic E-state index is 6.29. The van der Waals surface area contributed by atoms with E-state index in [1.165, 1.54) is 23.4 Å². The van der Waals surface area contributed by atoms with Crippen LogP contribution in [0.2, 0.25) is 0 Å². The Bertz CT molecular complexity index is 351. The molecule has 0 radical (unpaired) electrons. The number of hydrogen-bond donors (Lipinski definition) is 0. The van der Waals surface area contributed by atoms with Gasteiger partial charge in [-0.15, -0.1) is 11.6 Å². The van der Waals surface area contributed by atoms with E-state index in [0.29, 0.717) is 5.92 Å². The van der Waals surface area contributed by atoms with Gasteiger partial charge in [0.05, 0.1) is 5.69 Å². The number of fused-ring (bicyclic) bond motifs is 1. The second-order valence-corrected chi connectivity index (χ2v) is 4.81. The van der Waals surface area contributed by atoms with Gasteiger partial charge in [-0.3, -0.25) is 0 Å². The summed E-state index contributed by atoms with van der Waals surface area (Å²) in [6.45, 7) is 4.29. The second kappa shape index (κ2) is 4.48. The molecule has 2 rings (SSSR count). The summed E-state index contributed by atoms with van der Waals surface area (Å²) in [4.78, 5) is 8.76. The minimum absolute atomic E-state index is 0.185. The molecule has 0 amide bonds. The van der Waals surface area contributed by atoms with Crippen LogP contribution in [0.4, 0.5) is 0 Å². The molecule has 0 fully saturated rings. The van der Waals surface area contributed by atoms with Gasteiger partial charge in [0.1, 0.15) is 6.33 Å². The number of halogens is 1. The zero-order valence-corrected chi connectivity index (χ0v) is 10.1. The van der Waals surface area contributed by atoms with Crippen molar-refractivity contribution in [3.8, 4) is 0 Å². The molecule has 1 heterocycles. The number of aryl methyl sites for hydroxylation is 1. The molecule has 2 nitrogen and oxygen atoms in total. The van der Waals surface area contributed by atoms with Crippen molar-refractivity contribution in [1.82, 2.24) is 9.97 Å². The number of aromatic nitrogens is 2. The lowest BCUT2D eigenvalue weighted by Gasteiger charge is -2.18. The van der Waals surface area contributed by atoms with Crippen LogP contribution in [0, 0.1) is 0 Å².